The molecule has 0 radical (unpaired) electrons. The van der Waals surface area contributed by atoms with Crippen LogP contribution in [0.4, 0.5) is 0 Å². The summed E-state index contributed by atoms with van der Waals surface area (Å²) in [6, 6.07) is 21.2. The van der Waals surface area contributed by atoms with Crippen LogP contribution in [0.1, 0.15) is 17.0 Å². The Kier molecular flexibility index (Phi) is 4.35. The number of aromatic nitrogens is 4. The molecule has 0 spiro atoms. The first-order valence-corrected chi connectivity index (χ1v) is 11.7. The van der Waals surface area contributed by atoms with Gasteiger partial charge in [0, 0.05) is 54.7 Å². The van der Waals surface area contributed by atoms with Crippen LogP contribution < -0.4 is 10.6 Å². The molecule has 6 heteroatoms. The summed E-state index contributed by atoms with van der Waals surface area (Å²) < 4.78 is 0. The molecule has 0 saturated heterocycles. The third-order valence-electron chi connectivity index (χ3n) is 6.60. The van der Waals surface area contributed by atoms with E-state index in [9.17, 15) is 9.90 Å². The van der Waals surface area contributed by atoms with E-state index < -0.39 is 0 Å². The van der Waals surface area contributed by atoms with Gasteiger partial charge in [0.1, 0.15) is 5.75 Å². The number of rotatable bonds is 0. The normalized spacial score (nSPS) is 12.7. The molecule has 5 aromatic rings. The van der Waals surface area contributed by atoms with Gasteiger partial charge in [-0.15, -0.1) is 0 Å². The number of phenols is 1. The van der Waals surface area contributed by atoms with E-state index in [1.54, 1.807) is 0 Å². The number of nitrogens with one attached hydrogen (secondary N) is 3. The van der Waals surface area contributed by atoms with Crippen LogP contribution in [-0.2, 0) is 0 Å². The lowest BCUT2D eigenvalue weighted by molar-refractivity contribution is 0.487. The standard InChI is InChI=1S/C30H20N4O2/c35-29-21-3-1-4-22(29)26-12-8-18(32-26)16-20-10-14-28(34-20)24-6-2-5-23(30(24)36)27-13-9-19(33-27)15-17-7-11-25(21)31-17/h1-16,31-33,36H. The minimum Gasteiger partial charge on any atom is -0.507 e. The van der Waals surface area contributed by atoms with Gasteiger partial charge in [0.15, 0.2) is 5.43 Å². The van der Waals surface area contributed by atoms with Gasteiger partial charge in [0.2, 0.25) is 0 Å². The third kappa shape index (κ3) is 3.27. The summed E-state index contributed by atoms with van der Waals surface area (Å²) >= 11 is 0. The van der Waals surface area contributed by atoms with Crippen LogP contribution in [0.25, 0.3) is 68.2 Å². The summed E-state index contributed by atoms with van der Waals surface area (Å²) in [6.07, 6.45) is 9.37. The molecule has 5 heterocycles. The summed E-state index contributed by atoms with van der Waals surface area (Å²) in [6.45, 7) is 0. The summed E-state index contributed by atoms with van der Waals surface area (Å²) in [4.78, 5) is 28.2. The summed E-state index contributed by atoms with van der Waals surface area (Å²) in [5, 5.41) is 13.1. The Hall–Kier alpha value is -5.10. The molecule has 1 aliphatic carbocycles. The largest absolute Gasteiger partial charge is 0.507 e. The number of H-pyrrole nitrogens is 3. The number of benzene rings is 1. The number of hydrogen-bond donors (Lipinski definition) is 4. The summed E-state index contributed by atoms with van der Waals surface area (Å²) in [7, 11) is 0. The van der Waals surface area contributed by atoms with Crippen molar-refractivity contribution in [2.75, 3.05) is 0 Å². The Balaban J connectivity index is 1.63. The van der Waals surface area contributed by atoms with Gasteiger partial charge in [-0.05, 0) is 85.0 Å². The lowest BCUT2D eigenvalue weighted by Crippen LogP contribution is -2.26. The Bertz CT molecular complexity index is 2090. The maximum absolute atomic E-state index is 13.4. The highest BCUT2D eigenvalue weighted by atomic mass is 16.3. The molecule has 0 atom stereocenters. The van der Waals surface area contributed by atoms with Crippen molar-refractivity contribution in [1.29, 1.82) is 0 Å². The number of hydrogen-bond acceptors (Lipinski definition) is 3. The number of aromatic amines is 3. The third-order valence-corrected chi connectivity index (χ3v) is 6.60. The number of nitrogens with zero attached hydrogens (tertiary/aromatic N) is 1. The van der Waals surface area contributed by atoms with Gasteiger partial charge in [-0.25, -0.2) is 4.98 Å². The zero-order chi connectivity index (χ0) is 24.2. The van der Waals surface area contributed by atoms with Crippen molar-refractivity contribution in [2.24, 2.45) is 0 Å². The van der Waals surface area contributed by atoms with E-state index in [0.717, 1.165) is 38.8 Å². The van der Waals surface area contributed by atoms with Crippen LogP contribution in [-0.4, -0.2) is 25.0 Å². The average molecular weight is 469 g/mol. The van der Waals surface area contributed by atoms with Crippen LogP contribution in [0.15, 0.2) is 77.6 Å². The predicted molar refractivity (Wildman–Crippen MR) is 147 cm³/mol. The molecule has 4 N–H and O–H groups in total. The van der Waals surface area contributed by atoms with Crippen molar-refractivity contribution in [3.8, 4) is 5.75 Å². The SMILES string of the molecule is O=c1c2c3ccc(cc4ccc([nH]4)c4cccc(c5nc(cc6ccc([nH]6)c1=CC=C2)C=C5)c4O)[nH]3. The van der Waals surface area contributed by atoms with E-state index in [2.05, 4.69) is 15.0 Å². The molecule has 4 aromatic heterocycles. The van der Waals surface area contributed by atoms with Crippen LogP contribution >= 0.6 is 0 Å². The fraction of sp³-hybridized carbons (Fsp3) is 0. The molecule has 0 fully saturated rings. The summed E-state index contributed by atoms with van der Waals surface area (Å²) in [5.74, 6) is 0.177. The highest BCUT2D eigenvalue weighted by molar-refractivity contribution is 5.96. The van der Waals surface area contributed by atoms with Crippen LogP contribution in [0.3, 0.4) is 0 Å². The molecule has 0 unspecified atom stereocenters. The number of allylic oxidation sites excluding steroid dienone is 1. The molecule has 12 bridgehead atoms. The smallest absolute Gasteiger partial charge is 0.197 e. The van der Waals surface area contributed by atoms with Gasteiger partial charge in [0.05, 0.1) is 11.4 Å². The van der Waals surface area contributed by atoms with Crippen molar-refractivity contribution in [3.05, 3.63) is 105 Å². The number of para-hydroxylation sites is 1. The van der Waals surface area contributed by atoms with E-state index in [0.29, 0.717) is 27.2 Å². The van der Waals surface area contributed by atoms with Crippen molar-refractivity contribution in [3.63, 3.8) is 0 Å². The first-order valence-electron chi connectivity index (χ1n) is 11.7. The molecule has 36 heavy (non-hydrogen) atoms. The predicted octanol–water partition coefficient (Wildman–Crippen LogP) is 5.57. The molecule has 172 valence electrons. The Morgan fingerprint density at radius 2 is 1.39 bits per heavy atom. The topological polar surface area (TPSA) is 97.6 Å². The van der Waals surface area contributed by atoms with Gasteiger partial charge in [-0.2, -0.15) is 0 Å². The second-order valence-corrected chi connectivity index (χ2v) is 8.91. The van der Waals surface area contributed by atoms with Crippen LogP contribution in [0, 0.1) is 0 Å². The van der Waals surface area contributed by atoms with Gasteiger partial charge in [0.25, 0.3) is 0 Å². The second kappa shape index (κ2) is 7.71. The molecule has 1 aromatic carbocycles. The second-order valence-electron chi connectivity index (χ2n) is 8.91. The molecule has 0 amide bonds. The van der Waals surface area contributed by atoms with Crippen molar-refractivity contribution < 1.29 is 5.11 Å². The Morgan fingerprint density at radius 1 is 0.694 bits per heavy atom. The fourth-order valence-electron chi connectivity index (χ4n) is 4.82. The van der Waals surface area contributed by atoms with E-state index in [1.807, 2.05) is 97.1 Å². The van der Waals surface area contributed by atoms with Gasteiger partial charge >= 0.3 is 0 Å². The summed E-state index contributed by atoms with van der Waals surface area (Å²) in [5.41, 5.74) is 6.88. The quantitative estimate of drug-likeness (QED) is 0.235. The monoisotopic (exact) mass is 468 g/mol. The first kappa shape index (κ1) is 20.3. The molecule has 1 aliphatic heterocycles. The lowest BCUT2D eigenvalue weighted by Gasteiger charge is -2.00. The van der Waals surface area contributed by atoms with Crippen molar-refractivity contribution in [1.82, 2.24) is 19.9 Å². The molecular formula is C30H20N4O2. The van der Waals surface area contributed by atoms with Crippen LogP contribution in [0.5, 0.6) is 5.75 Å². The number of fused-ring (bicyclic) bond motifs is 16. The van der Waals surface area contributed by atoms with Crippen LogP contribution in [0.2, 0.25) is 0 Å². The van der Waals surface area contributed by atoms with E-state index in [-0.39, 0.29) is 11.2 Å². The van der Waals surface area contributed by atoms with E-state index >= 15 is 0 Å². The maximum atomic E-state index is 13.4. The minimum absolute atomic E-state index is 0.0430. The fourth-order valence-corrected chi connectivity index (χ4v) is 4.82. The Morgan fingerprint density at radius 3 is 2.25 bits per heavy atom. The Labute approximate surface area is 204 Å². The zero-order valence-corrected chi connectivity index (χ0v) is 19.0. The molecular weight excluding hydrogens is 448 g/mol. The minimum atomic E-state index is -0.0430. The molecule has 7 rings (SSSR count). The molecule has 6 nitrogen and oxygen atoms in total. The van der Waals surface area contributed by atoms with Gasteiger partial charge in [-0.1, -0.05) is 12.1 Å². The van der Waals surface area contributed by atoms with Crippen molar-refractivity contribution in [2.45, 2.75) is 0 Å². The molecule has 2 aliphatic rings. The first-order chi connectivity index (χ1) is 17.6. The lowest BCUT2D eigenvalue weighted by atomic mass is 10.1. The number of aromatic hydroxyl groups is 1. The van der Waals surface area contributed by atoms with E-state index in [4.69, 9.17) is 4.98 Å². The van der Waals surface area contributed by atoms with Gasteiger partial charge < -0.3 is 20.1 Å². The average Bonchev–Trinajstić information content (AvgIpc) is 3.68. The van der Waals surface area contributed by atoms with E-state index in [1.165, 1.54) is 0 Å². The number of phenolic OH excluding ortho intramolecular Hbond substituents is 1. The zero-order valence-electron chi connectivity index (χ0n) is 19.0. The van der Waals surface area contributed by atoms with Gasteiger partial charge in [-0.3, -0.25) is 4.79 Å². The molecule has 0 saturated carbocycles. The maximum Gasteiger partial charge on any atom is 0.197 e. The highest BCUT2D eigenvalue weighted by Gasteiger charge is 2.09. The highest BCUT2D eigenvalue weighted by Crippen LogP contribution is 2.31. The van der Waals surface area contributed by atoms with Crippen molar-refractivity contribution >= 4 is 68.2 Å².